The third kappa shape index (κ3) is 2.47. The molecule has 1 aliphatic heterocycles. The lowest BCUT2D eigenvalue weighted by atomic mass is 10.2. The summed E-state index contributed by atoms with van der Waals surface area (Å²) in [5, 5.41) is 9.33. The van der Waals surface area contributed by atoms with Crippen molar-refractivity contribution in [3.63, 3.8) is 0 Å². The third-order valence-electron chi connectivity index (χ3n) is 3.22. The van der Waals surface area contributed by atoms with E-state index in [-0.39, 0.29) is 12.6 Å². The number of anilines is 2. The molecule has 0 radical (unpaired) electrons. The topological polar surface area (TPSA) is 58.7 Å². The second-order valence-electron chi connectivity index (χ2n) is 4.33. The van der Waals surface area contributed by atoms with Gasteiger partial charge in [-0.25, -0.2) is 0 Å². The van der Waals surface area contributed by atoms with Gasteiger partial charge in [-0.2, -0.15) is 0 Å². The fourth-order valence-electron chi connectivity index (χ4n) is 2.35. The van der Waals surface area contributed by atoms with Gasteiger partial charge in [-0.05, 0) is 31.9 Å². The van der Waals surface area contributed by atoms with Gasteiger partial charge in [-0.15, -0.1) is 0 Å². The second-order valence-corrected chi connectivity index (χ2v) is 4.33. The number of hydrogen-bond donors (Lipinski definition) is 2. The van der Waals surface area contributed by atoms with Gasteiger partial charge in [0.25, 0.3) is 0 Å². The Morgan fingerprint density at radius 2 is 2.35 bits per heavy atom. The van der Waals surface area contributed by atoms with Crippen LogP contribution in [0.15, 0.2) is 18.2 Å². The Bertz CT molecular complexity index is 382. The molecule has 1 atom stereocenters. The summed E-state index contributed by atoms with van der Waals surface area (Å²) in [6.07, 6.45) is 2.17. The molecule has 4 heteroatoms. The van der Waals surface area contributed by atoms with Crippen LogP contribution in [0.3, 0.4) is 0 Å². The lowest BCUT2D eigenvalue weighted by molar-refractivity contribution is 0.266. The first kappa shape index (κ1) is 12.0. The maximum absolute atomic E-state index is 9.33. The van der Waals surface area contributed by atoms with Crippen LogP contribution >= 0.6 is 0 Å². The van der Waals surface area contributed by atoms with Crippen LogP contribution in [-0.2, 0) is 0 Å². The van der Waals surface area contributed by atoms with Crippen molar-refractivity contribution in [2.45, 2.75) is 25.8 Å². The fourth-order valence-corrected chi connectivity index (χ4v) is 2.35. The number of rotatable bonds is 4. The number of aliphatic hydroxyl groups excluding tert-OH is 1. The molecule has 0 saturated carbocycles. The molecule has 3 N–H and O–H groups in total. The Hall–Kier alpha value is -1.42. The molecule has 0 spiro atoms. The van der Waals surface area contributed by atoms with Crippen molar-refractivity contribution < 1.29 is 9.84 Å². The van der Waals surface area contributed by atoms with E-state index < -0.39 is 0 Å². The zero-order valence-electron chi connectivity index (χ0n) is 10.2. The predicted octanol–water partition coefficient (Wildman–Crippen LogP) is 1.63. The van der Waals surface area contributed by atoms with E-state index in [1.807, 2.05) is 25.1 Å². The minimum absolute atomic E-state index is 0.203. The summed E-state index contributed by atoms with van der Waals surface area (Å²) in [6, 6.07) is 6.05. The van der Waals surface area contributed by atoms with Gasteiger partial charge in [-0.3, -0.25) is 0 Å². The molecule has 0 aliphatic carbocycles. The van der Waals surface area contributed by atoms with E-state index in [0.717, 1.165) is 30.8 Å². The van der Waals surface area contributed by atoms with Crippen LogP contribution in [-0.4, -0.2) is 30.9 Å². The van der Waals surface area contributed by atoms with E-state index in [1.165, 1.54) is 0 Å². The molecular weight excluding hydrogens is 216 g/mol. The van der Waals surface area contributed by atoms with Gasteiger partial charge in [0.15, 0.2) is 0 Å². The fraction of sp³-hybridized carbons (Fsp3) is 0.538. The average Bonchev–Trinajstić information content (AvgIpc) is 2.80. The molecule has 0 aromatic heterocycles. The average molecular weight is 236 g/mol. The van der Waals surface area contributed by atoms with E-state index in [0.29, 0.717) is 12.3 Å². The molecule has 0 amide bonds. The van der Waals surface area contributed by atoms with Gasteiger partial charge < -0.3 is 20.5 Å². The predicted molar refractivity (Wildman–Crippen MR) is 69.5 cm³/mol. The number of benzene rings is 1. The minimum Gasteiger partial charge on any atom is -0.492 e. The van der Waals surface area contributed by atoms with Crippen LogP contribution in [0.25, 0.3) is 0 Å². The third-order valence-corrected chi connectivity index (χ3v) is 3.22. The number of ether oxygens (including phenoxy) is 1. The van der Waals surface area contributed by atoms with Gasteiger partial charge in [0.05, 0.1) is 24.9 Å². The summed E-state index contributed by atoms with van der Waals surface area (Å²) in [6.45, 7) is 3.74. The summed E-state index contributed by atoms with van der Waals surface area (Å²) < 4.78 is 5.49. The highest BCUT2D eigenvalue weighted by atomic mass is 16.5. The molecule has 1 saturated heterocycles. The van der Waals surface area contributed by atoms with Crippen molar-refractivity contribution in [3.8, 4) is 5.75 Å². The van der Waals surface area contributed by atoms with Crippen molar-refractivity contribution in [3.05, 3.63) is 18.2 Å². The maximum atomic E-state index is 9.33. The standard InChI is InChI=1S/C13H20N2O2/c1-2-17-13-8-10(5-6-12(13)14)15-7-3-4-11(15)9-16/h5-6,8,11,16H,2-4,7,9,14H2,1H3. The summed E-state index contributed by atoms with van der Waals surface area (Å²) in [5.74, 6) is 0.730. The Morgan fingerprint density at radius 3 is 3.06 bits per heavy atom. The first-order valence-electron chi connectivity index (χ1n) is 6.16. The van der Waals surface area contributed by atoms with Crippen LogP contribution in [0.4, 0.5) is 11.4 Å². The van der Waals surface area contributed by atoms with Crippen molar-refractivity contribution >= 4 is 11.4 Å². The SMILES string of the molecule is CCOc1cc(N2CCCC2CO)ccc1N. The molecule has 94 valence electrons. The first-order valence-corrected chi connectivity index (χ1v) is 6.16. The number of hydrogen-bond acceptors (Lipinski definition) is 4. The molecule has 1 fully saturated rings. The molecule has 17 heavy (non-hydrogen) atoms. The summed E-state index contributed by atoms with van der Waals surface area (Å²) >= 11 is 0. The van der Waals surface area contributed by atoms with E-state index >= 15 is 0 Å². The highest BCUT2D eigenvalue weighted by Crippen LogP contribution is 2.31. The van der Waals surface area contributed by atoms with Crippen LogP contribution in [0.2, 0.25) is 0 Å². The lowest BCUT2D eigenvalue weighted by Crippen LogP contribution is -2.31. The van der Waals surface area contributed by atoms with E-state index in [1.54, 1.807) is 0 Å². The van der Waals surface area contributed by atoms with Crippen molar-refractivity contribution in [2.75, 3.05) is 30.4 Å². The van der Waals surface area contributed by atoms with Gasteiger partial charge >= 0.3 is 0 Å². The van der Waals surface area contributed by atoms with Crippen molar-refractivity contribution in [2.24, 2.45) is 0 Å². The number of nitrogens with zero attached hydrogens (tertiary/aromatic N) is 1. The summed E-state index contributed by atoms with van der Waals surface area (Å²) in [4.78, 5) is 2.22. The Morgan fingerprint density at radius 1 is 1.53 bits per heavy atom. The number of nitrogens with two attached hydrogens (primary N) is 1. The largest absolute Gasteiger partial charge is 0.492 e. The molecule has 1 aliphatic rings. The van der Waals surface area contributed by atoms with Crippen LogP contribution < -0.4 is 15.4 Å². The van der Waals surface area contributed by atoms with Crippen molar-refractivity contribution in [1.29, 1.82) is 0 Å². The highest BCUT2D eigenvalue weighted by molar-refractivity contribution is 5.63. The van der Waals surface area contributed by atoms with E-state index in [4.69, 9.17) is 10.5 Å². The molecule has 2 rings (SSSR count). The molecule has 0 bridgehead atoms. The molecule has 1 unspecified atom stereocenters. The maximum Gasteiger partial charge on any atom is 0.144 e. The number of aliphatic hydroxyl groups is 1. The van der Waals surface area contributed by atoms with Crippen LogP contribution in [0.1, 0.15) is 19.8 Å². The first-order chi connectivity index (χ1) is 8.26. The second kappa shape index (κ2) is 5.27. The molecule has 1 aromatic carbocycles. The normalized spacial score (nSPS) is 19.6. The van der Waals surface area contributed by atoms with Gasteiger partial charge in [-0.1, -0.05) is 0 Å². The quantitative estimate of drug-likeness (QED) is 0.780. The molecule has 4 nitrogen and oxygen atoms in total. The van der Waals surface area contributed by atoms with Gasteiger partial charge in [0.2, 0.25) is 0 Å². The number of nitrogen functional groups attached to an aromatic ring is 1. The van der Waals surface area contributed by atoms with Crippen LogP contribution in [0, 0.1) is 0 Å². The minimum atomic E-state index is 0.203. The smallest absolute Gasteiger partial charge is 0.144 e. The zero-order chi connectivity index (χ0) is 12.3. The van der Waals surface area contributed by atoms with Crippen molar-refractivity contribution in [1.82, 2.24) is 0 Å². The van der Waals surface area contributed by atoms with Gasteiger partial charge in [0, 0.05) is 18.3 Å². The molecular formula is C13H20N2O2. The Labute approximate surface area is 102 Å². The lowest BCUT2D eigenvalue weighted by Gasteiger charge is -2.26. The highest BCUT2D eigenvalue weighted by Gasteiger charge is 2.24. The van der Waals surface area contributed by atoms with Crippen LogP contribution in [0.5, 0.6) is 5.75 Å². The summed E-state index contributed by atoms with van der Waals surface area (Å²) in [5.41, 5.74) is 7.59. The van der Waals surface area contributed by atoms with E-state index in [9.17, 15) is 5.11 Å². The zero-order valence-corrected chi connectivity index (χ0v) is 10.2. The Balaban J connectivity index is 2.23. The van der Waals surface area contributed by atoms with E-state index in [2.05, 4.69) is 4.90 Å². The van der Waals surface area contributed by atoms with Gasteiger partial charge in [0.1, 0.15) is 5.75 Å². The Kier molecular flexibility index (Phi) is 3.74. The monoisotopic (exact) mass is 236 g/mol. The molecule has 1 aromatic rings. The summed E-state index contributed by atoms with van der Waals surface area (Å²) in [7, 11) is 0. The molecule has 1 heterocycles.